The van der Waals surface area contributed by atoms with E-state index < -0.39 is 0 Å². The summed E-state index contributed by atoms with van der Waals surface area (Å²) in [4.78, 5) is 0. The van der Waals surface area contributed by atoms with Crippen LogP contribution in [0.1, 0.15) is 0 Å². The van der Waals surface area contributed by atoms with Crippen molar-refractivity contribution in [3.05, 3.63) is 23.2 Å². The minimum atomic E-state index is 0.409. The van der Waals surface area contributed by atoms with Crippen molar-refractivity contribution >= 4 is 28.1 Å². The second-order valence-corrected chi connectivity index (χ2v) is 4.18. The van der Waals surface area contributed by atoms with E-state index in [1.54, 1.807) is 13.2 Å². The van der Waals surface area contributed by atoms with Crippen LogP contribution >= 0.6 is 22.9 Å². The van der Waals surface area contributed by atoms with Gasteiger partial charge in [-0.1, -0.05) is 29.0 Å². The number of hydrogen-bond donors (Lipinski definition) is 1. The zero-order valence-corrected chi connectivity index (χ0v) is 9.47. The Balaban J connectivity index is 2.60. The number of halogens is 1. The molecule has 4 nitrogen and oxygen atoms in total. The van der Waals surface area contributed by atoms with Gasteiger partial charge in [0.25, 0.3) is 0 Å². The normalized spacial score (nSPS) is 10.3. The van der Waals surface area contributed by atoms with Gasteiger partial charge in [-0.15, -0.1) is 10.2 Å². The molecule has 0 fully saturated rings. The van der Waals surface area contributed by atoms with E-state index in [0.717, 1.165) is 5.56 Å². The van der Waals surface area contributed by atoms with E-state index in [9.17, 15) is 0 Å². The van der Waals surface area contributed by atoms with Crippen molar-refractivity contribution in [3.63, 3.8) is 0 Å². The molecule has 0 saturated carbocycles. The SMILES string of the molecule is COc1cccc(Cl)c1-c1nnc(N)s1. The quantitative estimate of drug-likeness (QED) is 0.877. The maximum atomic E-state index is 6.07. The highest BCUT2D eigenvalue weighted by atomic mass is 35.5. The summed E-state index contributed by atoms with van der Waals surface area (Å²) in [6.07, 6.45) is 0. The smallest absolute Gasteiger partial charge is 0.203 e. The number of methoxy groups -OCH3 is 1. The molecule has 0 aliphatic carbocycles. The number of rotatable bonds is 2. The molecule has 1 aromatic heterocycles. The van der Waals surface area contributed by atoms with Gasteiger partial charge in [-0.25, -0.2) is 0 Å². The summed E-state index contributed by atoms with van der Waals surface area (Å²) >= 11 is 7.35. The van der Waals surface area contributed by atoms with Crippen molar-refractivity contribution in [2.75, 3.05) is 12.8 Å². The lowest BCUT2D eigenvalue weighted by molar-refractivity contribution is 0.416. The van der Waals surface area contributed by atoms with E-state index in [1.807, 2.05) is 12.1 Å². The van der Waals surface area contributed by atoms with Gasteiger partial charge >= 0.3 is 0 Å². The Morgan fingerprint density at radius 3 is 2.80 bits per heavy atom. The fraction of sp³-hybridized carbons (Fsp3) is 0.111. The standard InChI is InChI=1S/C9H8ClN3OS/c1-14-6-4-2-3-5(10)7(6)8-12-13-9(11)15-8/h2-4H,1H3,(H2,11,13). The molecule has 0 amide bonds. The van der Waals surface area contributed by atoms with Crippen molar-refractivity contribution in [1.29, 1.82) is 0 Å². The zero-order chi connectivity index (χ0) is 10.8. The Hall–Kier alpha value is -1.33. The molecule has 0 radical (unpaired) electrons. The van der Waals surface area contributed by atoms with Crippen LogP contribution in [0.5, 0.6) is 5.75 Å². The number of ether oxygens (including phenoxy) is 1. The molecule has 1 aromatic carbocycles. The van der Waals surface area contributed by atoms with Gasteiger partial charge in [0.2, 0.25) is 5.13 Å². The van der Waals surface area contributed by atoms with Crippen molar-refractivity contribution in [3.8, 4) is 16.3 Å². The number of aromatic nitrogens is 2. The topological polar surface area (TPSA) is 61.0 Å². The summed E-state index contributed by atoms with van der Waals surface area (Å²) in [5.41, 5.74) is 6.25. The van der Waals surface area contributed by atoms with Gasteiger partial charge in [-0.3, -0.25) is 0 Å². The fourth-order valence-electron chi connectivity index (χ4n) is 1.22. The van der Waals surface area contributed by atoms with Crippen LogP contribution < -0.4 is 10.5 Å². The first-order valence-electron chi connectivity index (χ1n) is 4.14. The minimum absolute atomic E-state index is 0.409. The lowest BCUT2D eigenvalue weighted by Gasteiger charge is -2.06. The molecule has 0 saturated heterocycles. The van der Waals surface area contributed by atoms with Crippen molar-refractivity contribution < 1.29 is 4.74 Å². The minimum Gasteiger partial charge on any atom is -0.496 e. The van der Waals surface area contributed by atoms with E-state index in [-0.39, 0.29) is 0 Å². The van der Waals surface area contributed by atoms with Crippen LogP contribution in [0, 0.1) is 0 Å². The number of benzene rings is 1. The average molecular weight is 242 g/mol. The summed E-state index contributed by atoms with van der Waals surface area (Å²) in [6, 6.07) is 5.41. The molecular formula is C9H8ClN3OS. The highest BCUT2D eigenvalue weighted by Crippen LogP contribution is 2.38. The predicted octanol–water partition coefficient (Wildman–Crippen LogP) is 2.45. The van der Waals surface area contributed by atoms with Gasteiger partial charge in [0, 0.05) is 0 Å². The molecule has 0 aliphatic rings. The maximum Gasteiger partial charge on any atom is 0.203 e. The summed E-state index contributed by atoms with van der Waals surface area (Å²) in [5.74, 6) is 0.665. The zero-order valence-electron chi connectivity index (χ0n) is 7.90. The van der Waals surface area contributed by atoms with Crippen LogP contribution in [0.25, 0.3) is 10.6 Å². The van der Waals surface area contributed by atoms with Crippen molar-refractivity contribution in [2.24, 2.45) is 0 Å². The Labute approximate surface area is 95.7 Å². The van der Waals surface area contributed by atoms with Gasteiger partial charge in [-0.2, -0.15) is 0 Å². The van der Waals surface area contributed by atoms with E-state index >= 15 is 0 Å². The summed E-state index contributed by atoms with van der Waals surface area (Å²) in [5, 5.41) is 9.32. The Kier molecular flexibility index (Phi) is 2.75. The van der Waals surface area contributed by atoms with E-state index in [0.29, 0.717) is 20.9 Å². The van der Waals surface area contributed by atoms with Crippen LogP contribution in [0.2, 0.25) is 5.02 Å². The molecule has 2 N–H and O–H groups in total. The molecule has 1 heterocycles. The monoisotopic (exact) mass is 241 g/mol. The number of nitrogens with two attached hydrogens (primary N) is 1. The molecule has 2 rings (SSSR count). The van der Waals surface area contributed by atoms with Crippen LogP contribution in [0.4, 0.5) is 5.13 Å². The van der Waals surface area contributed by atoms with Crippen LogP contribution in [-0.4, -0.2) is 17.3 Å². The second-order valence-electron chi connectivity index (χ2n) is 2.76. The van der Waals surface area contributed by atoms with E-state index in [4.69, 9.17) is 22.1 Å². The summed E-state index contributed by atoms with van der Waals surface area (Å²) in [6.45, 7) is 0. The van der Waals surface area contributed by atoms with Gasteiger partial charge < -0.3 is 10.5 Å². The molecule has 6 heteroatoms. The Morgan fingerprint density at radius 2 is 2.20 bits per heavy atom. The molecule has 0 unspecified atom stereocenters. The molecule has 0 aliphatic heterocycles. The summed E-state index contributed by atoms with van der Waals surface area (Å²) < 4.78 is 5.20. The van der Waals surface area contributed by atoms with Crippen molar-refractivity contribution in [1.82, 2.24) is 10.2 Å². The molecule has 2 aromatic rings. The third kappa shape index (κ3) is 1.88. The number of nitrogen functional groups attached to an aromatic ring is 1. The molecule has 0 spiro atoms. The van der Waals surface area contributed by atoms with Crippen LogP contribution in [0.15, 0.2) is 18.2 Å². The van der Waals surface area contributed by atoms with Gasteiger partial charge in [-0.05, 0) is 12.1 Å². The van der Waals surface area contributed by atoms with E-state index in [2.05, 4.69) is 10.2 Å². The van der Waals surface area contributed by atoms with Crippen LogP contribution in [0.3, 0.4) is 0 Å². The number of hydrogen-bond acceptors (Lipinski definition) is 5. The average Bonchev–Trinajstić information content (AvgIpc) is 2.64. The summed E-state index contributed by atoms with van der Waals surface area (Å²) in [7, 11) is 1.58. The first-order chi connectivity index (χ1) is 7.22. The predicted molar refractivity (Wildman–Crippen MR) is 61.3 cm³/mol. The molecule has 0 bridgehead atoms. The molecule has 0 atom stereocenters. The maximum absolute atomic E-state index is 6.07. The third-order valence-corrected chi connectivity index (χ3v) is 2.93. The van der Waals surface area contributed by atoms with Crippen LogP contribution in [-0.2, 0) is 0 Å². The molecule has 15 heavy (non-hydrogen) atoms. The van der Waals surface area contributed by atoms with Gasteiger partial charge in [0.15, 0.2) is 5.01 Å². The Morgan fingerprint density at radius 1 is 1.40 bits per heavy atom. The number of anilines is 1. The lowest BCUT2D eigenvalue weighted by atomic mass is 10.2. The lowest BCUT2D eigenvalue weighted by Crippen LogP contribution is -1.88. The fourth-order valence-corrected chi connectivity index (χ4v) is 2.20. The van der Waals surface area contributed by atoms with Gasteiger partial charge in [0.1, 0.15) is 5.75 Å². The number of nitrogens with zero attached hydrogens (tertiary/aromatic N) is 2. The molecular weight excluding hydrogens is 234 g/mol. The van der Waals surface area contributed by atoms with Crippen molar-refractivity contribution in [2.45, 2.75) is 0 Å². The molecule has 78 valence electrons. The van der Waals surface area contributed by atoms with E-state index in [1.165, 1.54) is 11.3 Å². The Bertz CT molecular complexity index is 486. The first kappa shape index (κ1) is 10.2. The highest BCUT2D eigenvalue weighted by Gasteiger charge is 2.14. The highest BCUT2D eigenvalue weighted by molar-refractivity contribution is 7.18. The largest absolute Gasteiger partial charge is 0.496 e. The third-order valence-electron chi connectivity index (χ3n) is 1.85. The first-order valence-corrected chi connectivity index (χ1v) is 5.33. The second kappa shape index (κ2) is 4.04. The van der Waals surface area contributed by atoms with Gasteiger partial charge in [0.05, 0.1) is 17.7 Å².